The van der Waals surface area contributed by atoms with Crippen molar-refractivity contribution in [2.75, 3.05) is 53.6 Å². The summed E-state index contributed by atoms with van der Waals surface area (Å²) in [7, 11) is 3.20. The molecule has 1 aromatic carbocycles. The van der Waals surface area contributed by atoms with E-state index in [9.17, 15) is 0 Å². The molecule has 0 atom stereocenters. The van der Waals surface area contributed by atoms with Crippen LogP contribution in [0.15, 0.2) is 22.6 Å². The minimum Gasteiger partial charge on any atom is -0.493 e. The van der Waals surface area contributed by atoms with Crippen molar-refractivity contribution >= 4 is 0 Å². The van der Waals surface area contributed by atoms with E-state index in [1.807, 2.05) is 18.2 Å². The quantitative estimate of drug-likeness (QED) is 0.712. The van der Waals surface area contributed by atoms with Crippen LogP contribution >= 0.6 is 0 Å². The van der Waals surface area contributed by atoms with Crippen molar-refractivity contribution in [3.8, 4) is 23.0 Å². The molecule has 8 nitrogen and oxygen atoms in total. The van der Waals surface area contributed by atoms with Crippen LogP contribution in [0.4, 0.5) is 0 Å². The average Bonchev–Trinajstić information content (AvgIpc) is 3.14. The van der Waals surface area contributed by atoms with Crippen molar-refractivity contribution < 1.29 is 18.6 Å². The third-order valence-corrected chi connectivity index (χ3v) is 4.08. The second kappa shape index (κ2) is 8.80. The third kappa shape index (κ3) is 4.68. The van der Waals surface area contributed by atoms with Gasteiger partial charge in [-0.05, 0) is 18.2 Å². The highest BCUT2D eigenvalue weighted by molar-refractivity contribution is 5.59. The molecule has 0 unspecified atom stereocenters. The van der Waals surface area contributed by atoms with E-state index >= 15 is 0 Å². The largest absolute Gasteiger partial charge is 0.493 e. The van der Waals surface area contributed by atoms with E-state index < -0.39 is 0 Å². The van der Waals surface area contributed by atoms with Gasteiger partial charge in [-0.25, -0.2) is 0 Å². The number of rotatable bonds is 8. The highest BCUT2D eigenvalue weighted by atomic mass is 16.5. The molecular formula is C17H24N4O4. The van der Waals surface area contributed by atoms with Gasteiger partial charge in [-0.3, -0.25) is 4.90 Å². The number of nitrogens with one attached hydrogen (secondary N) is 1. The van der Waals surface area contributed by atoms with Crippen molar-refractivity contribution in [1.82, 2.24) is 20.4 Å². The van der Waals surface area contributed by atoms with Gasteiger partial charge in [-0.15, -0.1) is 10.2 Å². The molecule has 8 heteroatoms. The minimum atomic E-state index is 0.464. The first kappa shape index (κ1) is 17.7. The number of aromatic nitrogens is 2. The lowest BCUT2D eigenvalue weighted by Gasteiger charge is -2.26. The zero-order chi connectivity index (χ0) is 17.5. The van der Waals surface area contributed by atoms with Crippen LogP contribution in [-0.4, -0.2) is 68.7 Å². The Morgan fingerprint density at radius 3 is 2.68 bits per heavy atom. The van der Waals surface area contributed by atoms with Crippen molar-refractivity contribution in [3.05, 3.63) is 24.1 Å². The second-order valence-electron chi connectivity index (χ2n) is 5.70. The fourth-order valence-electron chi connectivity index (χ4n) is 2.67. The monoisotopic (exact) mass is 348 g/mol. The number of hydrogen-bond donors (Lipinski definition) is 1. The minimum absolute atomic E-state index is 0.464. The summed E-state index contributed by atoms with van der Waals surface area (Å²) in [5.41, 5.74) is 0.796. The van der Waals surface area contributed by atoms with E-state index in [4.69, 9.17) is 18.6 Å². The van der Waals surface area contributed by atoms with Crippen LogP contribution in [0.2, 0.25) is 0 Å². The zero-order valence-electron chi connectivity index (χ0n) is 14.7. The first-order valence-electron chi connectivity index (χ1n) is 8.35. The number of benzene rings is 1. The Morgan fingerprint density at radius 1 is 1.12 bits per heavy atom. The Bertz CT molecular complexity index is 670. The standard InChI is InChI=1S/C17H24N4O4/c1-22-14-4-3-13(11-15(14)23-2)17-20-19-16(25-17)12-18-5-6-21-7-9-24-10-8-21/h3-4,11,18H,5-10,12H2,1-2H3. The molecule has 3 rings (SSSR count). The maximum Gasteiger partial charge on any atom is 0.247 e. The number of nitrogens with zero attached hydrogens (tertiary/aromatic N) is 3. The molecule has 0 radical (unpaired) electrons. The first-order valence-corrected chi connectivity index (χ1v) is 8.35. The van der Waals surface area contributed by atoms with Crippen LogP contribution in [-0.2, 0) is 11.3 Å². The van der Waals surface area contributed by atoms with Crippen molar-refractivity contribution in [2.45, 2.75) is 6.54 Å². The van der Waals surface area contributed by atoms with Gasteiger partial charge in [0.2, 0.25) is 11.8 Å². The van der Waals surface area contributed by atoms with Crippen LogP contribution in [0.25, 0.3) is 11.5 Å². The molecule has 25 heavy (non-hydrogen) atoms. The summed E-state index contributed by atoms with van der Waals surface area (Å²) in [6, 6.07) is 5.51. The fraction of sp³-hybridized carbons (Fsp3) is 0.529. The molecule has 1 aliphatic heterocycles. The Labute approximate surface area is 147 Å². The lowest BCUT2D eigenvalue weighted by atomic mass is 10.2. The van der Waals surface area contributed by atoms with Crippen LogP contribution in [0.3, 0.4) is 0 Å². The van der Waals surface area contributed by atoms with Crippen molar-refractivity contribution in [1.29, 1.82) is 0 Å². The fourth-order valence-corrected chi connectivity index (χ4v) is 2.67. The van der Waals surface area contributed by atoms with Crippen LogP contribution in [0, 0.1) is 0 Å². The summed E-state index contributed by atoms with van der Waals surface area (Å²) in [5, 5.41) is 11.5. The Balaban J connectivity index is 1.51. The summed E-state index contributed by atoms with van der Waals surface area (Å²) in [6.07, 6.45) is 0. The molecule has 0 bridgehead atoms. The molecule has 1 aromatic heterocycles. The predicted octanol–water partition coefficient (Wildman–Crippen LogP) is 1.18. The van der Waals surface area contributed by atoms with Crippen molar-refractivity contribution in [3.63, 3.8) is 0 Å². The molecule has 1 fully saturated rings. The molecule has 2 heterocycles. The number of methoxy groups -OCH3 is 2. The SMILES string of the molecule is COc1ccc(-c2nnc(CNCCN3CCOCC3)o2)cc1OC. The lowest BCUT2D eigenvalue weighted by molar-refractivity contribution is 0.0383. The molecule has 0 amide bonds. The summed E-state index contributed by atoms with van der Waals surface area (Å²) in [4.78, 5) is 2.37. The van der Waals surface area contributed by atoms with Gasteiger partial charge in [0.15, 0.2) is 11.5 Å². The Hall–Kier alpha value is -2.16. The van der Waals surface area contributed by atoms with E-state index in [1.165, 1.54) is 0 Å². The normalized spacial score (nSPS) is 15.3. The van der Waals surface area contributed by atoms with Gasteiger partial charge in [0.05, 0.1) is 34.0 Å². The average molecular weight is 348 g/mol. The van der Waals surface area contributed by atoms with Gasteiger partial charge in [0.1, 0.15) is 0 Å². The smallest absolute Gasteiger partial charge is 0.247 e. The molecule has 0 spiro atoms. The van der Waals surface area contributed by atoms with E-state index in [0.29, 0.717) is 29.8 Å². The molecule has 0 saturated carbocycles. The first-order chi connectivity index (χ1) is 12.3. The molecule has 2 aromatic rings. The van der Waals surface area contributed by atoms with E-state index in [0.717, 1.165) is 45.0 Å². The summed E-state index contributed by atoms with van der Waals surface area (Å²) >= 11 is 0. The summed E-state index contributed by atoms with van der Waals surface area (Å²) in [5.74, 6) is 2.32. The molecule has 1 saturated heterocycles. The highest BCUT2D eigenvalue weighted by Gasteiger charge is 2.13. The topological polar surface area (TPSA) is 81.9 Å². The molecule has 0 aliphatic carbocycles. The lowest BCUT2D eigenvalue weighted by Crippen LogP contribution is -2.40. The van der Waals surface area contributed by atoms with Gasteiger partial charge in [0.25, 0.3) is 0 Å². The van der Waals surface area contributed by atoms with Crippen molar-refractivity contribution in [2.24, 2.45) is 0 Å². The number of hydrogen-bond acceptors (Lipinski definition) is 8. The maximum absolute atomic E-state index is 5.72. The molecular weight excluding hydrogens is 324 g/mol. The zero-order valence-corrected chi connectivity index (χ0v) is 14.7. The third-order valence-electron chi connectivity index (χ3n) is 4.08. The molecule has 136 valence electrons. The Morgan fingerprint density at radius 2 is 1.92 bits per heavy atom. The predicted molar refractivity (Wildman–Crippen MR) is 91.8 cm³/mol. The second-order valence-corrected chi connectivity index (χ2v) is 5.70. The van der Waals surface area contributed by atoms with E-state index in [-0.39, 0.29) is 0 Å². The van der Waals surface area contributed by atoms with E-state index in [2.05, 4.69) is 20.4 Å². The summed E-state index contributed by atoms with van der Waals surface area (Å²) < 4.78 is 21.6. The van der Waals surface area contributed by atoms with Gasteiger partial charge in [-0.2, -0.15) is 0 Å². The Kier molecular flexibility index (Phi) is 6.21. The van der Waals surface area contributed by atoms with Crippen LogP contribution < -0.4 is 14.8 Å². The summed E-state index contributed by atoms with van der Waals surface area (Å²) in [6.45, 7) is 6.02. The van der Waals surface area contributed by atoms with Gasteiger partial charge < -0.3 is 23.9 Å². The highest BCUT2D eigenvalue weighted by Crippen LogP contribution is 2.31. The molecule has 1 aliphatic rings. The van der Waals surface area contributed by atoms with Gasteiger partial charge in [0, 0.05) is 31.7 Å². The van der Waals surface area contributed by atoms with Crippen LogP contribution in [0.1, 0.15) is 5.89 Å². The molecule has 1 N–H and O–H groups in total. The van der Waals surface area contributed by atoms with Crippen LogP contribution in [0.5, 0.6) is 11.5 Å². The van der Waals surface area contributed by atoms with E-state index in [1.54, 1.807) is 14.2 Å². The van der Waals surface area contributed by atoms with Gasteiger partial charge in [-0.1, -0.05) is 0 Å². The number of morpholine rings is 1. The maximum atomic E-state index is 5.72. The number of ether oxygens (including phenoxy) is 3. The van der Waals surface area contributed by atoms with Gasteiger partial charge >= 0.3 is 0 Å².